The van der Waals surface area contributed by atoms with Gasteiger partial charge in [-0.15, -0.1) is 0 Å². The number of hydrogen-bond acceptors (Lipinski definition) is 4. The summed E-state index contributed by atoms with van der Waals surface area (Å²) in [5, 5.41) is 14.0. The fourth-order valence-corrected chi connectivity index (χ4v) is 2.76. The first-order valence-corrected chi connectivity index (χ1v) is 7.82. The molecule has 0 spiro atoms. The number of nitrogens with one attached hydrogen (secondary N) is 1. The molecule has 0 saturated carbocycles. The van der Waals surface area contributed by atoms with Crippen LogP contribution in [-0.4, -0.2) is 41.9 Å². The van der Waals surface area contributed by atoms with Gasteiger partial charge in [0.15, 0.2) is 0 Å². The standard InChI is InChI=1S/C16H23N3O3/c1-2-17-12-14-7-9-18(10-8-14)16(20)11-13-3-5-15(6-4-13)19(21)22/h3-6,14,17H,2,7-12H2,1H3. The second-order valence-corrected chi connectivity index (χ2v) is 5.73. The van der Waals surface area contributed by atoms with Gasteiger partial charge in [0.2, 0.25) is 5.91 Å². The normalized spacial score (nSPS) is 15.8. The monoisotopic (exact) mass is 305 g/mol. The molecule has 2 rings (SSSR count). The molecule has 1 heterocycles. The van der Waals surface area contributed by atoms with E-state index < -0.39 is 4.92 Å². The molecule has 1 aliphatic rings. The van der Waals surface area contributed by atoms with Gasteiger partial charge in [-0.25, -0.2) is 0 Å². The van der Waals surface area contributed by atoms with Crippen LogP contribution in [0.25, 0.3) is 0 Å². The molecule has 0 atom stereocenters. The third-order valence-electron chi connectivity index (χ3n) is 4.15. The van der Waals surface area contributed by atoms with Crippen LogP contribution in [0.15, 0.2) is 24.3 Å². The van der Waals surface area contributed by atoms with E-state index in [4.69, 9.17) is 0 Å². The molecule has 0 aliphatic carbocycles. The molecule has 1 fully saturated rings. The minimum absolute atomic E-state index is 0.0560. The quantitative estimate of drug-likeness (QED) is 0.644. The zero-order valence-electron chi connectivity index (χ0n) is 13.0. The van der Waals surface area contributed by atoms with E-state index in [1.54, 1.807) is 12.1 Å². The van der Waals surface area contributed by atoms with Crippen molar-refractivity contribution in [3.63, 3.8) is 0 Å². The number of rotatable bonds is 6. The van der Waals surface area contributed by atoms with Crippen molar-refractivity contribution in [2.24, 2.45) is 5.92 Å². The summed E-state index contributed by atoms with van der Waals surface area (Å²) < 4.78 is 0. The molecule has 1 aromatic carbocycles. The number of carbonyl (C=O) groups excluding carboxylic acids is 1. The Morgan fingerprint density at radius 2 is 1.95 bits per heavy atom. The van der Waals surface area contributed by atoms with Gasteiger partial charge < -0.3 is 10.2 Å². The van der Waals surface area contributed by atoms with Gasteiger partial charge in [-0.2, -0.15) is 0 Å². The summed E-state index contributed by atoms with van der Waals surface area (Å²) >= 11 is 0. The highest BCUT2D eigenvalue weighted by Crippen LogP contribution is 2.18. The number of non-ortho nitro benzene ring substituents is 1. The van der Waals surface area contributed by atoms with Gasteiger partial charge in [0.05, 0.1) is 11.3 Å². The van der Waals surface area contributed by atoms with Gasteiger partial charge in [-0.3, -0.25) is 14.9 Å². The predicted octanol–water partition coefficient (Wildman–Crippen LogP) is 1.99. The smallest absolute Gasteiger partial charge is 0.269 e. The molecule has 1 saturated heterocycles. The van der Waals surface area contributed by atoms with Crippen LogP contribution in [0.3, 0.4) is 0 Å². The lowest BCUT2D eigenvalue weighted by molar-refractivity contribution is -0.384. The van der Waals surface area contributed by atoms with Gasteiger partial charge in [-0.1, -0.05) is 19.1 Å². The topological polar surface area (TPSA) is 75.5 Å². The van der Waals surface area contributed by atoms with Crippen molar-refractivity contribution >= 4 is 11.6 Å². The van der Waals surface area contributed by atoms with Crippen molar-refractivity contribution in [1.82, 2.24) is 10.2 Å². The van der Waals surface area contributed by atoms with Crippen molar-refractivity contribution < 1.29 is 9.72 Å². The number of hydrogen-bond donors (Lipinski definition) is 1. The van der Waals surface area contributed by atoms with Crippen LogP contribution in [0.4, 0.5) is 5.69 Å². The summed E-state index contributed by atoms with van der Waals surface area (Å²) in [7, 11) is 0. The molecule has 1 N–H and O–H groups in total. The largest absolute Gasteiger partial charge is 0.342 e. The van der Waals surface area contributed by atoms with Gasteiger partial charge in [0, 0.05) is 25.2 Å². The molecule has 6 nitrogen and oxygen atoms in total. The van der Waals surface area contributed by atoms with Crippen LogP contribution in [0.5, 0.6) is 0 Å². The number of nitro benzene ring substituents is 1. The maximum atomic E-state index is 12.3. The van der Waals surface area contributed by atoms with E-state index in [0.29, 0.717) is 12.3 Å². The molecule has 22 heavy (non-hydrogen) atoms. The Kier molecular flexibility index (Phi) is 5.89. The first-order valence-electron chi connectivity index (χ1n) is 7.82. The van der Waals surface area contributed by atoms with Crippen LogP contribution < -0.4 is 5.32 Å². The Morgan fingerprint density at radius 3 is 2.50 bits per heavy atom. The first-order chi connectivity index (χ1) is 10.6. The Balaban J connectivity index is 1.81. The number of nitro groups is 1. The number of benzene rings is 1. The average Bonchev–Trinajstić information content (AvgIpc) is 2.54. The van der Waals surface area contributed by atoms with Crippen LogP contribution in [0.2, 0.25) is 0 Å². The fourth-order valence-electron chi connectivity index (χ4n) is 2.76. The summed E-state index contributed by atoms with van der Waals surface area (Å²) in [5.41, 5.74) is 0.880. The van der Waals surface area contributed by atoms with Crippen molar-refractivity contribution in [3.8, 4) is 0 Å². The third kappa shape index (κ3) is 4.53. The number of piperidine rings is 1. The van der Waals surface area contributed by atoms with Gasteiger partial charge in [0.25, 0.3) is 5.69 Å². The number of amides is 1. The highest BCUT2D eigenvalue weighted by atomic mass is 16.6. The molecular weight excluding hydrogens is 282 g/mol. The molecule has 0 unspecified atom stereocenters. The van der Waals surface area contributed by atoms with Gasteiger partial charge in [-0.05, 0) is 37.4 Å². The maximum absolute atomic E-state index is 12.3. The second-order valence-electron chi connectivity index (χ2n) is 5.73. The molecule has 6 heteroatoms. The van der Waals surface area contributed by atoms with Gasteiger partial charge >= 0.3 is 0 Å². The lowest BCUT2D eigenvalue weighted by atomic mass is 9.96. The predicted molar refractivity (Wildman–Crippen MR) is 84.6 cm³/mol. The van der Waals surface area contributed by atoms with E-state index in [9.17, 15) is 14.9 Å². The Hall–Kier alpha value is -1.95. The van der Waals surface area contributed by atoms with Crippen LogP contribution in [0, 0.1) is 16.0 Å². The lowest BCUT2D eigenvalue weighted by Gasteiger charge is -2.32. The second kappa shape index (κ2) is 7.89. The maximum Gasteiger partial charge on any atom is 0.269 e. The summed E-state index contributed by atoms with van der Waals surface area (Å²) in [6, 6.07) is 6.22. The van der Waals surface area contributed by atoms with Crippen molar-refractivity contribution in [3.05, 3.63) is 39.9 Å². The van der Waals surface area contributed by atoms with E-state index in [-0.39, 0.29) is 11.6 Å². The Morgan fingerprint density at radius 1 is 1.32 bits per heavy atom. The minimum Gasteiger partial charge on any atom is -0.342 e. The molecular formula is C16H23N3O3. The van der Waals surface area contributed by atoms with E-state index in [0.717, 1.165) is 44.6 Å². The fraction of sp³-hybridized carbons (Fsp3) is 0.562. The summed E-state index contributed by atoms with van der Waals surface area (Å²) in [5.74, 6) is 0.763. The molecule has 1 aromatic rings. The Labute approximate surface area is 130 Å². The van der Waals surface area contributed by atoms with Crippen LogP contribution >= 0.6 is 0 Å². The van der Waals surface area contributed by atoms with Crippen molar-refractivity contribution in [2.75, 3.05) is 26.2 Å². The highest BCUT2D eigenvalue weighted by Gasteiger charge is 2.22. The SMILES string of the molecule is CCNCC1CCN(C(=O)Cc2ccc([N+](=O)[O-])cc2)CC1. The molecule has 120 valence electrons. The minimum atomic E-state index is -0.430. The van der Waals surface area contributed by atoms with E-state index in [1.807, 2.05) is 4.90 Å². The Bertz CT molecular complexity index is 508. The zero-order chi connectivity index (χ0) is 15.9. The summed E-state index contributed by atoms with van der Waals surface area (Å²) in [4.78, 5) is 24.4. The molecule has 0 radical (unpaired) electrons. The molecule has 1 amide bonds. The summed E-state index contributed by atoms with van der Waals surface area (Å²) in [6.45, 7) is 5.73. The number of carbonyl (C=O) groups is 1. The van der Waals surface area contributed by atoms with Crippen LogP contribution in [-0.2, 0) is 11.2 Å². The lowest BCUT2D eigenvalue weighted by Crippen LogP contribution is -2.41. The van der Waals surface area contributed by atoms with E-state index in [2.05, 4.69) is 12.2 Å². The number of nitrogens with zero attached hydrogens (tertiary/aromatic N) is 2. The average molecular weight is 305 g/mol. The van der Waals surface area contributed by atoms with E-state index in [1.165, 1.54) is 12.1 Å². The third-order valence-corrected chi connectivity index (χ3v) is 4.15. The molecule has 0 aromatic heterocycles. The first kappa shape index (κ1) is 16.4. The zero-order valence-corrected chi connectivity index (χ0v) is 13.0. The van der Waals surface area contributed by atoms with E-state index >= 15 is 0 Å². The van der Waals surface area contributed by atoms with Crippen molar-refractivity contribution in [1.29, 1.82) is 0 Å². The molecule has 0 bridgehead atoms. The van der Waals surface area contributed by atoms with Gasteiger partial charge in [0.1, 0.15) is 0 Å². The molecule has 1 aliphatic heterocycles. The van der Waals surface area contributed by atoms with Crippen LogP contribution in [0.1, 0.15) is 25.3 Å². The summed E-state index contributed by atoms with van der Waals surface area (Å²) in [6.07, 6.45) is 2.40. The van der Waals surface area contributed by atoms with Crippen molar-refractivity contribution in [2.45, 2.75) is 26.2 Å². The highest BCUT2D eigenvalue weighted by molar-refractivity contribution is 5.78. The number of likely N-dealkylation sites (tertiary alicyclic amines) is 1.